The molecule has 0 spiro atoms. The van der Waals surface area contributed by atoms with Crippen molar-refractivity contribution >= 4 is 42.6 Å². The van der Waals surface area contributed by atoms with E-state index in [0.29, 0.717) is 59.9 Å². The van der Waals surface area contributed by atoms with Crippen molar-refractivity contribution in [3.8, 4) is 11.5 Å². The van der Waals surface area contributed by atoms with E-state index in [1.807, 2.05) is 24.3 Å². The predicted molar refractivity (Wildman–Crippen MR) is 149 cm³/mol. The number of hydrogen-bond acceptors (Lipinski definition) is 8. The van der Waals surface area contributed by atoms with Gasteiger partial charge in [-0.2, -0.15) is 4.31 Å². The minimum atomic E-state index is -3.61. The zero-order valence-corrected chi connectivity index (χ0v) is 23.1. The number of sulfonamides is 1. The van der Waals surface area contributed by atoms with Gasteiger partial charge in [-0.25, -0.2) is 13.4 Å². The Bertz CT molecular complexity index is 1560. The first-order valence-corrected chi connectivity index (χ1v) is 15.2. The first-order valence-electron chi connectivity index (χ1n) is 12.9. The van der Waals surface area contributed by atoms with E-state index in [-0.39, 0.29) is 17.3 Å². The highest BCUT2D eigenvalue weighted by atomic mass is 32.2. The molecule has 0 radical (unpaired) electrons. The molecule has 4 heterocycles. The number of anilines is 1. The van der Waals surface area contributed by atoms with Gasteiger partial charge in [0.15, 0.2) is 16.6 Å². The summed E-state index contributed by atoms with van der Waals surface area (Å²) in [6.45, 7) is 4.39. The number of carbonyl (C=O) groups excluding carboxylic acids is 1. The highest BCUT2D eigenvalue weighted by Crippen LogP contribution is 2.39. The van der Waals surface area contributed by atoms with Crippen molar-refractivity contribution in [1.29, 1.82) is 0 Å². The van der Waals surface area contributed by atoms with Gasteiger partial charge in [-0.3, -0.25) is 14.7 Å². The number of piperidine rings is 1. The molecule has 2 aromatic heterocycles. The number of ether oxygens (including phenoxy) is 2. The summed E-state index contributed by atoms with van der Waals surface area (Å²) in [5, 5.41) is 0.514. The Balaban J connectivity index is 1.31. The fraction of sp³-hybridized carbons (Fsp3) is 0.321. The van der Waals surface area contributed by atoms with Crippen molar-refractivity contribution in [2.24, 2.45) is 5.92 Å². The Morgan fingerprint density at radius 1 is 1.08 bits per heavy atom. The lowest BCUT2D eigenvalue weighted by molar-refractivity contribution is 0.0985. The SMILES string of the molecule is CC1CCN(S(=O)(=O)c2ccc(C(=O)N(Cc3cccnc3)c3nc4cc5c(cc4s3)OCCO5)cc2)CC1. The van der Waals surface area contributed by atoms with Crippen molar-refractivity contribution < 1.29 is 22.7 Å². The largest absolute Gasteiger partial charge is 0.486 e. The molecule has 1 fully saturated rings. The van der Waals surface area contributed by atoms with Crippen LogP contribution in [0.3, 0.4) is 0 Å². The van der Waals surface area contributed by atoms with Gasteiger partial charge in [-0.15, -0.1) is 0 Å². The van der Waals surface area contributed by atoms with E-state index in [2.05, 4.69) is 11.9 Å². The van der Waals surface area contributed by atoms with Crippen molar-refractivity contribution in [3.05, 3.63) is 72.1 Å². The topological polar surface area (TPSA) is 102 Å². The number of benzene rings is 2. The van der Waals surface area contributed by atoms with Crippen LogP contribution in [-0.2, 0) is 16.6 Å². The molecule has 4 aromatic rings. The van der Waals surface area contributed by atoms with E-state index in [0.717, 1.165) is 23.1 Å². The van der Waals surface area contributed by atoms with Crippen LogP contribution in [0.4, 0.5) is 5.13 Å². The summed E-state index contributed by atoms with van der Waals surface area (Å²) in [5.74, 6) is 1.53. The molecule has 11 heteroatoms. The smallest absolute Gasteiger partial charge is 0.260 e. The molecule has 0 saturated carbocycles. The van der Waals surface area contributed by atoms with Crippen molar-refractivity contribution in [2.75, 3.05) is 31.2 Å². The maximum Gasteiger partial charge on any atom is 0.260 e. The summed E-state index contributed by atoms with van der Waals surface area (Å²) in [4.78, 5) is 24.6. The Morgan fingerprint density at radius 2 is 1.79 bits per heavy atom. The molecular weight excluding hydrogens is 536 g/mol. The van der Waals surface area contributed by atoms with Gasteiger partial charge in [0, 0.05) is 43.2 Å². The van der Waals surface area contributed by atoms with Crippen LogP contribution in [0, 0.1) is 5.92 Å². The van der Waals surface area contributed by atoms with E-state index in [1.165, 1.54) is 27.8 Å². The first kappa shape index (κ1) is 25.7. The number of thiazole rings is 1. The zero-order valence-electron chi connectivity index (χ0n) is 21.4. The molecule has 6 rings (SSSR count). The fourth-order valence-electron chi connectivity index (χ4n) is 4.77. The molecule has 0 atom stereocenters. The number of pyridine rings is 1. The molecule has 0 unspecified atom stereocenters. The van der Waals surface area contributed by atoms with Gasteiger partial charge in [0.25, 0.3) is 5.91 Å². The average Bonchev–Trinajstić information content (AvgIpc) is 3.37. The minimum absolute atomic E-state index is 0.193. The van der Waals surface area contributed by atoms with Gasteiger partial charge in [0.2, 0.25) is 10.0 Å². The number of hydrogen-bond donors (Lipinski definition) is 0. The lowest BCUT2D eigenvalue weighted by Gasteiger charge is -2.29. The molecular formula is C28H28N4O5S2. The molecule has 2 aliphatic rings. The lowest BCUT2D eigenvalue weighted by atomic mass is 10.0. The second-order valence-electron chi connectivity index (χ2n) is 9.82. The highest BCUT2D eigenvalue weighted by Gasteiger charge is 2.29. The van der Waals surface area contributed by atoms with Gasteiger partial charge < -0.3 is 9.47 Å². The summed E-state index contributed by atoms with van der Waals surface area (Å²) in [5.41, 5.74) is 1.92. The number of rotatable bonds is 6. The maximum absolute atomic E-state index is 13.8. The van der Waals surface area contributed by atoms with Crippen LogP contribution in [0.2, 0.25) is 0 Å². The normalized spacial score (nSPS) is 16.3. The third-order valence-corrected chi connectivity index (χ3v) is 10.0. The number of aromatic nitrogens is 2. The molecule has 0 N–H and O–H groups in total. The van der Waals surface area contributed by atoms with Crippen molar-refractivity contribution in [3.63, 3.8) is 0 Å². The van der Waals surface area contributed by atoms with Crippen molar-refractivity contribution in [2.45, 2.75) is 31.2 Å². The van der Waals surface area contributed by atoms with Gasteiger partial charge in [-0.1, -0.05) is 24.3 Å². The number of amides is 1. The third-order valence-electron chi connectivity index (χ3n) is 7.06. The van der Waals surface area contributed by atoms with Crippen LogP contribution < -0.4 is 14.4 Å². The van der Waals surface area contributed by atoms with E-state index in [9.17, 15) is 13.2 Å². The molecule has 1 saturated heterocycles. The summed E-state index contributed by atoms with van der Waals surface area (Å²) >= 11 is 1.38. The Hall–Kier alpha value is -3.54. The quantitative estimate of drug-likeness (QED) is 0.334. The summed E-state index contributed by atoms with van der Waals surface area (Å²) in [6, 6.07) is 13.6. The Labute approximate surface area is 231 Å². The summed E-state index contributed by atoms with van der Waals surface area (Å²) in [7, 11) is -3.61. The average molecular weight is 565 g/mol. The monoisotopic (exact) mass is 564 g/mol. The van der Waals surface area contributed by atoms with Gasteiger partial charge in [0.1, 0.15) is 13.2 Å². The standard InChI is InChI=1S/C28H28N4O5S2/c1-19-8-11-31(12-9-19)39(34,35)22-6-4-21(5-7-22)27(33)32(18-20-3-2-10-29-17-20)28-30-23-15-24-25(16-26(23)38-28)37-14-13-36-24/h2-7,10,15-17,19H,8-9,11-14,18H2,1H3. The number of carbonyl (C=O) groups is 1. The third kappa shape index (κ3) is 5.21. The molecule has 9 nitrogen and oxygen atoms in total. The summed E-state index contributed by atoms with van der Waals surface area (Å²) in [6.07, 6.45) is 5.09. The van der Waals surface area contributed by atoms with Gasteiger partial charge >= 0.3 is 0 Å². The second kappa shape index (κ2) is 10.6. The lowest BCUT2D eigenvalue weighted by Crippen LogP contribution is -2.37. The maximum atomic E-state index is 13.8. The molecule has 0 aliphatic carbocycles. The Morgan fingerprint density at radius 3 is 2.49 bits per heavy atom. The Kier molecular flexibility index (Phi) is 6.96. The molecule has 39 heavy (non-hydrogen) atoms. The van der Waals surface area contributed by atoms with Crippen LogP contribution in [0.25, 0.3) is 10.2 Å². The van der Waals surface area contributed by atoms with E-state index < -0.39 is 10.0 Å². The van der Waals surface area contributed by atoms with Crippen LogP contribution in [0.1, 0.15) is 35.7 Å². The predicted octanol–water partition coefficient (Wildman–Crippen LogP) is 4.73. The molecule has 1 amide bonds. The van der Waals surface area contributed by atoms with Crippen LogP contribution in [-0.4, -0.2) is 54.9 Å². The second-order valence-corrected chi connectivity index (χ2v) is 12.8. The molecule has 2 aliphatic heterocycles. The molecule has 0 bridgehead atoms. The highest BCUT2D eigenvalue weighted by molar-refractivity contribution is 7.89. The van der Waals surface area contributed by atoms with E-state index in [4.69, 9.17) is 14.5 Å². The van der Waals surface area contributed by atoms with Gasteiger partial charge in [-0.05, 0) is 54.7 Å². The summed E-state index contributed by atoms with van der Waals surface area (Å²) < 4.78 is 40.2. The van der Waals surface area contributed by atoms with Crippen LogP contribution in [0.5, 0.6) is 11.5 Å². The first-order chi connectivity index (χ1) is 18.9. The molecule has 202 valence electrons. The molecule has 2 aromatic carbocycles. The zero-order chi connectivity index (χ0) is 27.0. The van der Waals surface area contributed by atoms with Crippen LogP contribution >= 0.6 is 11.3 Å². The van der Waals surface area contributed by atoms with Gasteiger partial charge in [0.05, 0.1) is 21.7 Å². The van der Waals surface area contributed by atoms with E-state index in [1.54, 1.807) is 29.4 Å². The van der Waals surface area contributed by atoms with E-state index >= 15 is 0 Å². The fourth-order valence-corrected chi connectivity index (χ4v) is 7.21. The minimum Gasteiger partial charge on any atom is -0.486 e. The van der Waals surface area contributed by atoms with Crippen molar-refractivity contribution in [1.82, 2.24) is 14.3 Å². The van der Waals surface area contributed by atoms with Crippen LogP contribution in [0.15, 0.2) is 65.8 Å². The number of fused-ring (bicyclic) bond motifs is 2. The number of nitrogens with zero attached hydrogens (tertiary/aromatic N) is 4.